The molecule has 25 heavy (non-hydrogen) atoms. The first-order chi connectivity index (χ1) is 12.0. The van der Waals surface area contributed by atoms with Gasteiger partial charge in [0.15, 0.2) is 11.6 Å². The molecule has 1 heterocycles. The lowest BCUT2D eigenvalue weighted by atomic mass is 10.0. The van der Waals surface area contributed by atoms with Gasteiger partial charge in [0.25, 0.3) is 6.43 Å². The van der Waals surface area contributed by atoms with Crippen LogP contribution in [-0.2, 0) is 0 Å². The van der Waals surface area contributed by atoms with Crippen molar-refractivity contribution in [3.05, 3.63) is 47.2 Å². The van der Waals surface area contributed by atoms with Gasteiger partial charge in [0.1, 0.15) is 11.6 Å². The molecular formula is C18H20F3N3O. The van der Waals surface area contributed by atoms with Gasteiger partial charge in [0.2, 0.25) is 0 Å². The maximum atomic E-state index is 14.3. The van der Waals surface area contributed by atoms with E-state index in [2.05, 4.69) is 15.3 Å². The monoisotopic (exact) mass is 351 g/mol. The van der Waals surface area contributed by atoms with E-state index < -0.39 is 23.8 Å². The first kappa shape index (κ1) is 17.5. The number of anilines is 1. The lowest BCUT2D eigenvalue weighted by Crippen LogP contribution is -2.13. The topological polar surface area (TPSA) is 47.0 Å². The highest BCUT2D eigenvalue weighted by molar-refractivity contribution is 5.50. The van der Waals surface area contributed by atoms with Gasteiger partial charge >= 0.3 is 0 Å². The molecule has 0 unspecified atom stereocenters. The van der Waals surface area contributed by atoms with Gasteiger partial charge in [-0.2, -0.15) is 0 Å². The number of ether oxygens (including phenoxy) is 1. The van der Waals surface area contributed by atoms with E-state index in [0.717, 1.165) is 18.9 Å². The molecular weight excluding hydrogens is 331 g/mol. The van der Waals surface area contributed by atoms with Gasteiger partial charge in [0.05, 0.1) is 24.4 Å². The van der Waals surface area contributed by atoms with Crippen molar-refractivity contribution in [2.75, 3.05) is 11.9 Å². The fourth-order valence-corrected chi connectivity index (χ4v) is 2.51. The fourth-order valence-electron chi connectivity index (χ4n) is 2.51. The van der Waals surface area contributed by atoms with Gasteiger partial charge in [-0.25, -0.2) is 23.1 Å². The molecule has 7 heteroatoms. The molecule has 1 aliphatic carbocycles. The maximum absolute atomic E-state index is 14.3. The highest BCUT2D eigenvalue weighted by Gasteiger charge is 2.24. The van der Waals surface area contributed by atoms with Crippen LogP contribution in [0.15, 0.2) is 24.4 Å². The lowest BCUT2D eigenvalue weighted by Gasteiger charge is -2.19. The smallest absolute Gasteiger partial charge is 0.266 e. The molecule has 0 aliphatic heterocycles. The second kappa shape index (κ2) is 7.29. The molecule has 2 aromatic rings. The van der Waals surface area contributed by atoms with E-state index in [1.165, 1.54) is 12.1 Å². The Kier molecular flexibility index (Phi) is 5.11. The second-order valence-electron chi connectivity index (χ2n) is 6.30. The number of halogens is 3. The molecule has 1 aliphatic rings. The predicted octanol–water partition coefficient (Wildman–Crippen LogP) is 4.82. The number of aryl methyl sites for hydroxylation is 1. The Labute approximate surface area is 144 Å². The highest BCUT2D eigenvalue weighted by Crippen LogP contribution is 2.33. The van der Waals surface area contributed by atoms with Crippen molar-refractivity contribution < 1.29 is 17.9 Å². The molecule has 0 saturated heterocycles. The molecule has 0 bridgehead atoms. The number of alkyl halides is 2. The quantitative estimate of drug-likeness (QED) is 0.777. The van der Waals surface area contributed by atoms with Gasteiger partial charge in [-0.15, -0.1) is 0 Å². The van der Waals surface area contributed by atoms with Gasteiger partial charge in [-0.05, 0) is 32.6 Å². The lowest BCUT2D eigenvalue weighted by molar-refractivity contribution is 0.146. The molecule has 1 N–H and O–H groups in total. The highest BCUT2D eigenvalue weighted by atomic mass is 19.3. The first-order valence-corrected chi connectivity index (χ1v) is 8.25. The number of benzene rings is 1. The largest absolute Gasteiger partial charge is 0.488 e. The van der Waals surface area contributed by atoms with Crippen LogP contribution in [0.1, 0.15) is 49.2 Å². The minimum absolute atomic E-state index is 0.155. The second-order valence-corrected chi connectivity index (χ2v) is 6.30. The van der Waals surface area contributed by atoms with Crippen molar-refractivity contribution in [1.29, 1.82) is 0 Å². The average molecular weight is 351 g/mol. The molecule has 0 spiro atoms. The molecule has 1 saturated carbocycles. The van der Waals surface area contributed by atoms with Gasteiger partial charge in [-0.3, -0.25) is 0 Å². The van der Waals surface area contributed by atoms with E-state index in [1.54, 1.807) is 20.0 Å². The van der Waals surface area contributed by atoms with Gasteiger partial charge < -0.3 is 10.1 Å². The summed E-state index contributed by atoms with van der Waals surface area (Å²) in [7, 11) is 0. The third kappa shape index (κ3) is 4.21. The van der Waals surface area contributed by atoms with Crippen LogP contribution in [0.4, 0.5) is 19.0 Å². The van der Waals surface area contributed by atoms with Crippen molar-refractivity contribution in [3.63, 3.8) is 0 Å². The number of rotatable bonds is 7. The third-order valence-corrected chi connectivity index (χ3v) is 4.16. The zero-order valence-electron chi connectivity index (χ0n) is 14.1. The molecule has 3 rings (SSSR count). The van der Waals surface area contributed by atoms with Crippen LogP contribution in [0.25, 0.3) is 0 Å². The molecule has 1 aromatic carbocycles. The minimum atomic E-state index is -2.86. The van der Waals surface area contributed by atoms with E-state index in [-0.39, 0.29) is 5.56 Å². The van der Waals surface area contributed by atoms with E-state index in [9.17, 15) is 13.2 Å². The molecule has 1 aromatic heterocycles. The maximum Gasteiger partial charge on any atom is 0.266 e. The molecule has 1 atom stereocenters. The number of nitrogens with one attached hydrogen (secondary N) is 1. The summed E-state index contributed by atoms with van der Waals surface area (Å²) in [6, 6.07) is 3.44. The third-order valence-electron chi connectivity index (χ3n) is 4.16. The molecule has 4 nitrogen and oxygen atoms in total. The van der Waals surface area contributed by atoms with Crippen LogP contribution >= 0.6 is 0 Å². The molecule has 1 fully saturated rings. The Morgan fingerprint density at radius 2 is 2.00 bits per heavy atom. The van der Waals surface area contributed by atoms with Crippen molar-refractivity contribution in [2.45, 2.75) is 39.2 Å². The summed E-state index contributed by atoms with van der Waals surface area (Å²) in [5.74, 6) is 1.11. The van der Waals surface area contributed by atoms with E-state index in [0.29, 0.717) is 29.9 Å². The summed E-state index contributed by atoms with van der Waals surface area (Å²) in [6.45, 7) is 4.01. The SMILES string of the molecule is Cc1ncc(OCC2CC2)c(N[C@H](C)c2cccc(C(F)F)c2F)n1. The summed E-state index contributed by atoms with van der Waals surface area (Å²) < 4.78 is 45.9. The number of nitrogens with zero attached hydrogens (tertiary/aromatic N) is 2. The summed E-state index contributed by atoms with van der Waals surface area (Å²) >= 11 is 0. The van der Waals surface area contributed by atoms with Gasteiger partial charge in [-0.1, -0.05) is 18.2 Å². The van der Waals surface area contributed by atoms with E-state index >= 15 is 0 Å². The zero-order chi connectivity index (χ0) is 18.0. The molecule has 0 amide bonds. The Morgan fingerprint density at radius 1 is 1.28 bits per heavy atom. The van der Waals surface area contributed by atoms with Crippen LogP contribution < -0.4 is 10.1 Å². The molecule has 134 valence electrons. The average Bonchev–Trinajstić information content (AvgIpc) is 3.38. The van der Waals surface area contributed by atoms with Crippen molar-refractivity contribution in [2.24, 2.45) is 5.92 Å². The Hall–Kier alpha value is -2.31. The first-order valence-electron chi connectivity index (χ1n) is 8.25. The Bertz CT molecular complexity index is 750. The van der Waals surface area contributed by atoms with Crippen LogP contribution in [0.2, 0.25) is 0 Å². The van der Waals surface area contributed by atoms with E-state index in [4.69, 9.17) is 4.74 Å². The summed E-state index contributed by atoms with van der Waals surface area (Å²) in [5.41, 5.74) is -0.447. The van der Waals surface area contributed by atoms with Crippen molar-refractivity contribution in [1.82, 2.24) is 9.97 Å². The molecule has 0 radical (unpaired) electrons. The Morgan fingerprint density at radius 3 is 2.68 bits per heavy atom. The minimum Gasteiger partial charge on any atom is -0.488 e. The summed E-state index contributed by atoms with van der Waals surface area (Å²) in [6.07, 6.45) is 1.02. The summed E-state index contributed by atoms with van der Waals surface area (Å²) in [4.78, 5) is 8.43. The number of hydrogen-bond acceptors (Lipinski definition) is 4. The van der Waals surface area contributed by atoms with Crippen LogP contribution in [-0.4, -0.2) is 16.6 Å². The zero-order valence-corrected chi connectivity index (χ0v) is 14.1. The predicted molar refractivity (Wildman–Crippen MR) is 88.4 cm³/mol. The Balaban J connectivity index is 1.81. The fraction of sp³-hybridized carbons (Fsp3) is 0.444. The van der Waals surface area contributed by atoms with Gasteiger partial charge in [0, 0.05) is 5.56 Å². The van der Waals surface area contributed by atoms with Crippen molar-refractivity contribution in [3.8, 4) is 5.75 Å². The number of aromatic nitrogens is 2. The number of hydrogen-bond donors (Lipinski definition) is 1. The summed E-state index contributed by atoms with van der Waals surface area (Å²) in [5, 5.41) is 3.06. The van der Waals surface area contributed by atoms with Crippen molar-refractivity contribution >= 4 is 5.82 Å². The van der Waals surface area contributed by atoms with Crippen LogP contribution in [0.3, 0.4) is 0 Å². The normalized spacial score (nSPS) is 15.3. The van der Waals surface area contributed by atoms with Crippen LogP contribution in [0.5, 0.6) is 5.75 Å². The van der Waals surface area contributed by atoms with Crippen LogP contribution in [0, 0.1) is 18.7 Å². The van der Waals surface area contributed by atoms with E-state index in [1.807, 2.05) is 0 Å². The standard InChI is InChI=1S/C18H20F3N3O/c1-10(13-4-3-5-14(16(13)19)17(20)21)23-18-15(8-22-11(2)24-18)25-9-12-6-7-12/h3-5,8,10,12,17H,6-7,9H2,1-2H3,(H,22,23,24)/t10-/m1/s1.